The second-order valence-electron chi connectivity index (χ2n) is 5.07. The van der Waals surface area contributed by atoms with Crippen LogP contribution in [0, 0.1) is 0 Å². The molecule has 2 aromatic heterocycles. The van der Waals surface area contributed by atoms with Gasteiger partial charge in [0, 0.05) is 22.8 Å². The number of aromatic amines is 1. The summed E-state index contributed by atoms with van der Waals surface area (Å²) in [5.41, 5.74) is 2.42. The van der Waals surface area contributed by atoms with E-state index in [1.807, 2.05) is 17.5 Å². The molecule has 1 aromatic carbocycles. The van der Waals surface area contributed by atoms with Crippen LogP contribution in [0.4, 0.5) is 0 Å². The van der Waals surface area contributed by atoms with E-state index in [1.54, 1.807) is 0 Å². The highest BCUT2D eigenvalue weighted by atomic mass is 32.1. The van der Waals surface area contributed by atoms with Crippen LogP contribution in [-0.2, 0) is 6.54 Å². The minimum Gasteiger partial charge on any atom is -0.310 e. The smallest absolute Gasteiger partial charge is 0.0795 e. The maximum Gasteiger partial charge on any atom is 0.0795 e. The zero-order chi connectivity index (χ0) is 12.7. The van der Waals surface area contributed by atoms with Crippen LogP contribution in [0.25, 0.3) is 20.7 Å². The van der Waals surface area contributed by atoms with Gasteiger partial charge in [0.2, 0.25) is 0 Å². The Bertz CT molecular complexity index is 676. The molecule has 1 saturated carbocycles. The predicted octanol–water partition coefficient (Wildman–Crippen LogP) is 3.54. The van der Waals surface area contributed by atoms with Crippen molar-refractivity contribution in [1.29, 1.82) is 0 Å². The molecule has 0 unspecified atom stereocenters. The summed E-state index contributed by atoms with van der Waals surface area (Å²) in [5, 5.41) is 12.2. The van der Waals surface area contributed by atoms with E-state index in [-0.39, 0.29) is 0 Å². The van der Waals surface area contributed by atoms with Crippen LogP contribution in [0.15, 0.2) is 36.5 Å². The first kappa shape index (κ1) is 11.2. The Morgan fingerprint density at radius 3 is 3.05 bits per heavy atom. The summed E-state index contributed by atoms with van der Waals surface area (Å²) < 4.78 is 1.33. The van der Waals surface area contributed by atoms with Gasteiger partial charge in [-0.1, -0.05) is 18.2 Å². The van der Waals surface area contributed by atoms with Crippen LogP contribution in [0.5, 0.6) is 0 Å². The molecule has 1 fully saturated rings. The fraction of sp³-hybridized carbons (Fsp3) is 0.267. The van der Waals surface area contributed by atoms with Gasteiger partial charge in [-0.15, -0.1) is 11.3 Å². The Hall–Kier alpha value is -1.65. The number of benzene rings is 1. The van der Waals surface area contributed by atoms with Crippen molar-refractivity contribution in [2.24, 2.45) is 0 Å². The molecule has 4 rings (SSSR count). The molecule has 0 aliphatic heterocycles. The van der Waals surface area contributed by atoms with Crippen LogP contribution in [0.1, 0.15) is 18.4 Å². The van der Waals surface area contributed by atoms with Crippen molar-refractivity contribution in [3.05, 3.63) is 42.1 Å². The molecule has 0 saturated heterocycles. The molecule has 0 amide bonds. The van der Waals surface area contributed by atoms with Crippen molar-refractivity contribution >= 4 is 21.4 Å². The highest BCUT2D eigenvalue weighted by Crippen LogP contribution is 2.34. The van der Waals surface area contributed by atoms with Gasteiger partial charge in [0.1, 0.15) is 0 Å². The Morgan fingerprint density at radius 1 is 1.32 bits per heavy atom. The van der Waals surface area contributed by atoms with Gasteiger partial charge in [0.15, 0.2) is 0 Å². The molecule has 0 atom stereocenters. The Kier molecular flexibility index (Phi) is 2.64. The molecule has 1 aliphatic rings. The largest absolute Gasteiger partial charge is 0.310 e. The van der Waals surface area contributed by atoms with E-state index in [4.69, 9.17) is 0 Å². The summed E-state index contributed by atoms with van der Waals surface area (Å²) in [6, 6.07) is 11.5. The lowest BCUT2D eigenvalue weighted by molar-refractivity contribution is 0.689. The van der Waals surface area contributed by atoms with Crippen LogP contribution in [0.2, 0.25) is 0 Å². The quantitative estimate of drug-likeness (QED) is 0.760. The van der Waals surface area contributed by atoms with E-state index in [0.717, 1.165) is 18.3 Å². The SMILES string of the molecule is c1ccc2sc(-c3[nH]ncc3CNC3CC3)cc2c1. The first-order chi connectivity index (χ1) is 9.40. The minimum absolute atomic E-state index is 0.727. The van der Waals surface area contributed by atoms with Crippen molar-refractivity contribution < 1.29 is 0 Å². The van der Waals surface area contributed by atoms with Gasteiger partial charge in [-0.3, -0.25) is 5.10 Å². The number of nitrogens with zero attached hydrogens (tertiary/aromatic N) is 1. The molecule has 3 aromatic rings. The molecule has 0 spiro atoms. The van der Waals surface area contributed by atoms with E-state index in [9.17, 15) is 0 Å². The highest BCUT2D eigenvalue weighted by Gasteiger charge is 2.21. The number of rotatable bonds is 4. The van der Waals surface area contributed by atoms with E-state index in [2.05, 4.69) is 45.8 Å². The van der Waals surface area contributed by atoms with Crippen LogP contribution < -0.4 is 5.32 Å². The van der Waals surface area contributed by atoms with Crippen LogP contribution in [0.3, 0.4) is 0 Å². The molecular formula is C15H15N3S. The Balaban J connectivity index is 1.68. The fourth-order valence-electron chi connectivity index (χ4n) is 2.31. The van der Waals surface area contributed by atoms with Gasteiger partial charge >= 0.3 is 0 Å². The third-order valence-electron chi connectivity index (χ3n) is 3.55. The number of hydrogen-bond donors (Lipinski definition) is 2. The number of fused-ring (bicyclic) bond motifs is 1. The summed E-state index contributed by atoms with van der Waals surface area (Å²) in [7, 11) is 0. The van der Waals surface area contributed by atoms with E-state index < -0.39 is 0 Å². The van der Waals surface area contributed by atoms with Gasteiger partial charge in [0.25, 0.3) is 0 Å². The minimum atomic E-state index is 0.727. The summed E-state index contributed by atoms with van der Waals surface area (Å²) in [5.74, 6) is 0. The predicted molar refractivity (Wildman–Crippen MR) is 79.3 cm³/mol. The standard InChI is InChI=1S/C15H15N3S/c1-2-4-13-10(3-1)7-14(19-13)15-11(9-17-18-15)8-16-12-5-6-12/h1-4,7,9,12,16H,5-6,8H2,(H,17,18). The lowest BCUT2D eigenvalue weighted by atomic mass is 10.2. The molecule has 0 bridgehead atoms. The Morgan fingerprint density at radius 2 is 2.21 bits per heavy atom. The van der Waals surface area contributed by atoms with Gasteiger partial charge < -0.3 is 5.32 Å². The molecular weight excluding hydrogens is 254 g/mol. The number of hydrogen-bond acceptors (Lipinski definition) is 3. The van der Waals surface area contributed by atoms with Crippen molar-refractivity contribution in [1.82, 2.24) is 15.5 Å². The normalized spacial score (nSPS) is 15.2. The first-order valence-electron chi connectivity index (χ1n) is 6.65. The molecule has 2 N–H and O–H groups in total. The molecule has 2 heterocycles. The average Bonchev–Trinajstić information content (AvgIpc) is 3.00. The average molecular weight is 269 g/mol. The second kappa shape index (κ2) is 4.47. The molecule has 19 heavy (non-hydrogen) atoms. The van der Waals surface area contributed by atoms with E-state index >= 15 is 0 Å². The second-order valence-corrected chi connectivity index (χ2v) is 6.16. The van der Waals surface area contributed by atoms with E-state index in [0.29, 0.717) is 0 Å². The molecule has 0 radical (unpaired) electrons. The lowest BCUT2D eigenvalue weighted by Crippen LogP contribution is -2.15. The maximum absolute atomic E-state index is 4.21. The fourth-order valence-corrected chi connectivity index (χ4v) is 3.40. The maximum atomic E-state index is 4.21. The molecule has 96 valence electrons. The van der Waals surface area contributed by atoms with Crippen LogP contribution >= 0.6 is 11.3 Å². The molecule has 3 nitrogen and oxygen atoms in total. The zero-order valence-corrected chi connectivity index (χ0v) is 11.3. The summed E-state index contributed by atoms with van der Waals surface area (Å²) in [4.78, 5) is 1.27. The van der Waals surface area contributed by atoms with Gasteiger partial charge in [-0.25, -0.2) is 0 Å². The van der Waals surface area contributed by atoms with Crippen molar-refractivity contribution in [2.75, 3.05) is 0 Å². The molecule has 4 heteroatoms. The van der Waals surface area contributed by atoms with Gasteiger partial charge in [-0.2, -0.15) is 5.10 Å². The third-order valence-corrected chi connectivity index (χ3v) is 4.68. The van der Waals surface area contributed by atoms with Gasteiger partial charge in [0.05, 0.1) is 16.8 Å². The first-order valence-corrected chi connectivity index (χ1v) is 7.46. The van der Waals surface area contributed by atoms with E-state index in [1.165, 1.54) is 33.4 Å². The Labute approximate surface area is 115 Å². The van der Waals surface area contributed by atoms with Crippen molar-refractivity contribution in [3.8, 4) is 10.6 Å². The lowest BCUT2D eigenvalue weighted by Gasteiger charge is -2.02. The summed E-state index contributed by atoms with van der Waals surface area (Å²) in [6.45, 7) is 0.907. The van der Waals surface area contributed by atoms with Crippen molar-refractivity contribution in [2.45, 2.75) is 25.4 Å². The highest BCUT2D eigenvalue weighted by molar-refractivity contribution is 7.22. The number of aromatic nitrogens is 2. The summed E-state index contributed by atoms with van der Waals surface area (Å²) in [6.07, 6.45) is 4.57. The topological polar surface area (TPSA) is 40.7 Å². The number of nitrogens with one attached hydrogen (secondary N) is 2. The third kappa shape index (κ3) is 2.17. The van der Waals surface area contributed by atoms with Crippen LogP contribution in [-0.4, -0.2) is 16.2 Å². The zero-order valence-electron chi connectivity index (χ0n) is 10.5. The van der Waals surface area contributed by atoms with Crippen molar-refractivity contribution in [3.63, 3.8) is 0 Å². The van der Waals surface area contributed by atoms with Gasteiger partial charge in [-0.05, 0) is 30.4 Å². The monoisotopic (exact) mass is 269 g/mol. The summed E-state index contributed by atoms with van der Waals surface area (Å²) >= 11 is 1.82. The number of thiophene rings is 1. The molecule has 1 aliphatic carbocycles. The number of H-pyrrole nitrogens is 1.